The summed E-state index contributed by atoms with van der Waals surface area (Å²) in [6, 6.07) is 0. The monoisotopic (exact) mass is 160 g/mol. The van der Waals surface area contributed by atoms with Crippen LogP contribution < -0.4 is 0 Å². The highest BCUT2D eigenvalue weighted by atomic mass is 16.5. The minimum atomic E-state index is 0.248. The van der Waals surface area contributed by atoms with E-state index in [1.165, 1.54) is 0 Å². The van der Waals surface area contributed by atoms with Crippen molar-refractivity contribution in [2.75, 3.05) is 19.8 Å². The van der Waals surface area contributed by atoms with Crippen LogP contribution in [-0.4, -0.2) is 24.9 Å². The molecule has 68 valence electrons. The summed E-state index contributed by atoms with van der Waals surface area (Å²) in [6.07, 6.45) is 1.05. The van der Waals surface area contributed by atoms with Crippen molar-refractivity contribution in [2.24, 2.45) is 11.8 Å². The van der Waals surface area contributed by atoms with Gasteiger partial charge in [0.2, 0.25) is 0 Å². The summed E-state index contributed by atoms with van der Waals surface area (Å²) in [4.78, 5) is 0. The summed E-state index contributed by atoms with van der Waals surface area (Å²) in [5, 5.41) is 8.92. The fourth-order valence-electron chi connectivity index (χ4n) is 1.15. The lowest BCUT2D eigenvalue weighted by molar-refractivity contribution is 0.0715. The fraction of sp³-hybridized carbons (Fsp3) is 1.00. The van der Waals surface area contributed by atoms with Crippen LogP contribution in [-0.2, 0) is 4.74 Å². The molecule has 11 heavy (non-hydrogen) atoms. The Balaban J connectivity index is 3.41. The molecule has 0 aliphatic carbocycles. The zero-order valence-electron chi connectivity index (χ0n) is 7.84. The van der Waals surface area contributed by atoms with Gasteiger partial charge in [0.15, 0.2) is 0 Å². The first-order chi connectivity index (χ1) is 5.20. The van der Waals surface area contributed by atoms with E-state index in [2.05, 4.69) is 13.8 Å². The summed E-state index contributed by atoms with van der Waals surface area (Å²) >= 11 is 0. The topological polar surface area (TPSA) is 29.5 Å². The molecule has 0 amide bonds. The normalized spacial score (nSPS) is 13.9. The largest absolute Gasteiger partial charge is 0.396 e. The van der Waals surface area contributed by atoms with Crippen molar-refractivity contribution in [3.05, 3.63) is 0 Å². The molecule has 0 aliphatic rings. The standard InChI is InChI=1S/C9H20O2/c1-4-11-7-9(6-10)5-8(2)3/h8-10H,4-7H2,1-3H3. The van der Waals surface area contributed by atoms with Gasteiger partial charge in [-0.1, -0.05) is 13.8 Å². The Hall–Kier alpha value is -0.0800. The number of aliphatic hydroxyl groups is 1. The molecule has 0 rings (SSSR count). The maximum absolute atomic E-state index is 8.92. The van der Waals surface area contributed by atoms with Crippen molar-refractivity contribution in [3.8, 4) is 0 Å². The van der Waals surface area contributed by atoms with E-state index in [1.54, 1.807) is 0 Å². The number of rotatable bonds is 6. The van der Waals surface area contributed by atoms with Gasteiger partial charge in [-0.2, -0.15) is 0 Å². The van der Waals surface area contributed by atoms with E-state index >= 15 is 0 Å². The lowest BCUT2D eigenvalue weighted by Gasteiger charge is -2.15. The average Bonchev–Trinajstić information content (AvgIpc) is 1.97. The minimum absolute atomic E-state index is 0.248. The minimum Gasteiger partial charge on any atom is -0.396 e. The van der Waals surface area contributed by atoms with Gasteiger partial charge in [-0.15, -0.1) is 0 Å². The summed E-state index contributed by atoms with van der Waals surface area (Å²) in [5.74, 6) is 0.975. The zero-order chi connectivity index (χ0) is 8.69. The molecule has 0 aliphatic heterocycles. The van der Waals surface area contributed by atoms with Crippen molar-refractivity contribution in [3.63, 3.8) is 0 Å². The van der Waals surface area contributed by atoms with E-state index in [0.29, 0.717) is 18.4 Å². The molecule has 0 aromatic carbocycles. The molecular weight excluding hydrogens is 140 g/mol. The first kappa shape index (κ1) is 10.9. The Labute approximate surface area is 69.6 Å². The highest BCUT2D eigenvalue weighted by molar-refractivity contribution is 4.58. The average molecular weight is 160 g/mol. The zero-order valence-corrected chi connectivity index (χ0v) is 7.84. The molecule has 2 nitrogen and oxygen atoms in total. The van der Waals surface area contributed by atoms with E-state index < -0.39 is 0 Å². The van der Waals surface area contributed by atoms with Crippen molar-refractivity contribution in [1.29, 1.82) is 0 Å². The molecule has 0 saturated heterocycles. The third-order valence-corrected chi connectivity index (χ3v) is 1.62. The molecule has 0 bridgehead atoms. The second kappa shape index (κ2) is 6.62. The Kier molecular flexibility index (Phi) is 6.57. The summed E-state index contributed by atoms with van der Waals surface area (Å²) in [7, 11) is 0. The molecule has 0 heterocycles. The van der Waals surface area contributed by atoms with Gasteiger partial charge in [0.25, 0.3) is 0 Å². The molecule has 1 N–H and O–H groups in total. The van der Waals surface area contributed by atoms with Gasteiger partial charge < -0.3 is 9.84 Å². The predicted octanol–water partition coefficient (Wildman–Crippen LogP) is 1.68. The lowest BCUT2D eigenvalue weighted by atomic mass is 9.99. The Morgan fingerprint density at radius 3 is 2.36 bits per heavy atom. The smallest absolute Gasteiger partial charge is 0.0516 e. The Morgan fingerprint density at radius 1 is 1.36 bits per heavy atom. The fourth-order valence-corrected chi connectivity index (χ4v) is 1.15. The molecule has 1 atom stereocenters. The third-order valence-electron chi connectivity index (χ3n) is 1.62. The summed E-state index contributed by atoms with van der Waals surface area (Å²) < 4.78 is 5.23. The SMILES string of the molecule is CCOCC(CO)CC(C)C. The van der Waals surface area contributed by atoms with Crippen LogP contribution in [0.1, 0.15) is 27.2 Å². The molecule has 0 aromatic rings. The first-order valence-corrected chi connectivity index (χ1v) is 4.39. The third kappa shape index (κ3) is 6.32. The van der Waals surface area contributed by atoms with Crippen molar-refractivity contribution >= 4 is 0 Å². The van der Waals surface area contributed by atoms with Gasteiger partial charge in [0, 0.05) is 19.1 Å². The lowest BCUT2D eigenvalue weighted by Crippen LogP contribution is -2.16. The Morgan fingerprint density at radius 2 is 2.00 bits per heavy atom. The van der Waals surface area contributed by atoms with Crippen molar-refractivity contribution < 1.29 is 9.84 Å². The predicted molar refractivity (Wildman–Crippen MR) is 46.5 cm³/mol. The van der Waals surface area contributed by atoms with Crippen LogP contribution in [0.3, 0.4) is 0 Å². The van der Waals surface area contributed by atoms with Crippen LogP contribution in [0.5, 0.6) is 0 Å². The van der Waals surface area contributed by atoms with Gasteiger partial charge in [-0.3, -0.25) is 0 Å². The van der Waals surface area contributed by atoms with Crippen molar-refractivity contribution in [1.82, 2.24) is 0 Å². The number of hydrogen-bond donors (Lipinski definition) is 1. The van der Waals surface area contributed by atoms with Gasteiger partial charge in [-0.05, 0) is 19.3 Å². The molecule has 2 heteroatoms. The molecule has 0 spiro atoms. The molecule has 0 fully saturated rings. The molecule has 0 saturated carbocycles. The highest BCUT2D eigenvalue weighted by Gasteiger charge is 2.08. The van der Waals surface area contributed by atoms with E-state index in [1.807, 2.05) is 6.92 Å². The highest BCUT2D eigenvalue weighted by Crippen LogP contribution is 2.10. The van der Waals surface area contributed by atoms with Gasteiger partial charge in [-0.25, -0.2) is 0 Å². The van der Waals surface area contributed by atoms with E-state index in [4.69, 9.17) is 9.84 Å². The summed E-state index contributed by atoms with van der Waals surface area (Å²) in [5.41, 5.74) is 0. The van der Waals surface area contributed by atoms with Crippen molar-refractivity contribution in [2.45, 2.75) is 27.2 Å². The summed E-state index contributed by atoms with van der Waals surface area (Å²) in [6.45, 7) is 7.99. The van der Waals surface area contributed by atoms with Crippen LogP contribution in [0.15, 0.2) is 0 Å². The van der Waals surface area contributed by atoms with E-state index in [-0.39, 0.29) is 6.61 Å². The Bertz CT molecular complexity index is 81.6. The molecule has 0 radical (unpaired) electrons. The van der Waals surface area contributed by atoms with Gasteiger partial charge in [0.05, 0.1) is 6.61 Å². The number of ether oxygens (including phenoxy) is 1. The molecule has 0 aromatic heterocycles. The maximum Gasteiger partial charge on any atom is 0.0516 e. The van der Waals surface area contributed by atoms with E-state index in [9.17, 15) is 0 Å². The maximum atomic E-state index is 8.92. The van der Waals surface area contributed by atoms with Crippen LogP contribution in [0.2, 0.25) is 0 Å². The van der Waals surface area contributed by atoms with E-state index in [0.717, 1.165) is 13.0 Å². The molecule has 1 unspecified atom stereocenters. The van der Waals surface area contributed by atoms with Gasteiger partial charge in [0.1, 0.15) is 0 Å². The van der Waals surface area contributed by atoms with Crippen LogP contribution >= 0.6 is 0 Å². The number of hydrogen-bond acceptors (Lipinski definition) is 2. The second-order valence-electron chi connectivity index (χ2n) is 3.34. The quantitative estimate of drug-likeness (QED) is 0.640. The van der Waals surface area contributed by atoms with Gasteiger partial charge >= 0.3 is 0 Å². The van der Waals surface area contributed by atoms with Crippen LogP contribution in [0.25, 0.3) is 0 Å². The molecular formula is C9H20O2. The van der Waals surface area contributed by atoms with Crippen LogP contribution in [0, 0.1) is 11.8 Å². The number of aliphatic hydroxyl groups excluding tert-OH is 1. The second-order valence-corrected chi connectivity index (χ2v) is 3.34. The van der Waals surface area contributed by atoms with Crippen LogP contribution in [0.4, 0.5) is 0 Å². The first-order valence-electron chi connectivity index (χ1n) is 4.39.